The molecule has 142 valence electrons. The molecule has 0 amide bonds. The summed E-state index contributed by atoms with van der Waals surface area (Å²) in [5, 5.41) is 20.0. The highest BCUT2D eigenvalue weighted by atomic mass is 16.3. The SMILES string of the molecule is C=C1/C(=C\C=C2/CCCC3(C)C(C#CC(C)(C)O)CCC23)CCC[C@@H]1O. The van der Waals surface area contributed by atoms with Crippen molar-refractivity contribution < 1.29 is 10.2 Å². The van der Waals surface area contributed by atoms with Gasteiger partial charge in [-0.2, -0.15) is 0 Å². The summed E-state index contributed by atoms with van der Waals surface area (Å²) in [6.07, 6.45) is 13.0. The highest BCUT2D eigenvalue weighted by Crippen LogP contribution is 2.57. The van der Waals surface area contributed by atoms with Gasteiger partial charge in [-0.1, -0.05) is 43.1 Å². The van der Waals surface area contributed by atoms with E-state index in [2.05, 4.69) is 37.5 Å². The fraction of sp³-hybridized carbons (Fsp3) is 0.667. The monoisotopic (exact) mass is 354 g/mol. The van der Waals surface area contributed by atoms with Crippen LogP contribution in [-0.4, -0.2) is 21.9 Å². The van der Waals surface area contributed by atoms with Crippen molar-refractivity contribution in [3.05, 3.63) is 35.5 Å². The van der Waals surface area contributed by atoms with Gasteiger partial charge in [-0.05, 0) is 87.7 Å². The maximum absolute atomic E-state index is 10.0. The number of allylic oxidation sites excluding steroid dienone is 3. The summed E-state index contributed by atoms with van der Waals surface area (Å²) in [6, 6.07) is 0. The topological polar surface area (TPSA) is 40.5 Å². The van der Waals surface area contributed by atoms with E-state index in [0.717, 1.165) is 31.3 Å². The number of aliphatic hydroxyl groups excluding tert-OH is 1. The third-order valence-electron chi connectivity index (χ3n) is 6.75. The van der Waals surface area contributed by atoms with Crippen LogP contribution in [0, 0.1) is 29.1 Å². The number of fused-ring (bicyclic) bond motifs is 1. The van der Waals surface area contributed by atoms with Crippen LogP contribution in [0.25, 0.3) is 0 Å². The molecule has 2 heteroatoms. The van der Waals surface area contributed by atoms with Crippen molar-refractivity contribution in [3.8, 4) is 11.8 Å². The molecule has 3 unspecified atom stereocenters. The van der Waals surface area contributed by atoms with Gasteiger partial charge in [0.05, 0.1) is 6.10 Å². The highest BCUT2D eigenvalue weighted by Gasteiger charge is 2.48. The third kappa shape index (κ3) is 4.00. The molecule has 0 heterocycles. The number of hydrogen-bond donors (Lipinski definition) is 2. The minimum Gasteiger partial charge on any atom is -0.388 e. The molecule has 26 heavy (non-hydrogen) atoms. The maximum Gasteiger partial charge on any atom is 0.119 e. The van der Waals surface area contributed by atoms with Crippen molar-refractivity contribution >= 4 is 0 Å². The van der Waals surface area contributed by atoms with E-state index >= 15 is 0 Å². The number of aliphatic hydroxyl groups is 2. The van der Waals surface area contributed by atoms with Crippen molar-refractivity contribution in [3.63, 3.8) is 0 Å². The Morgan fingerprint density at radius 1 is 1.15 bits per heavy atom. The molecule has 0 aromatic heterocycles. The van der Waals surface area contributed by atoms with Crippen LogP contribution in [0.1, 0.15) is 72.1 Å². The first-order chi connectivity index (χ1) is 12.2. The standard InChI is InChI=1S/C24H34O2/c1-17-18(7-5-9-22(17)25)10-11-19-8-6-15-24(4)20(12-13-21(19)24)14-16-23(2,3)26/h10-11,20-22,25-26H,1,5-9,12-13,15H2,2-4H3/b18-10-,19-11+/t20?,21?,22-,24?/m0/s1. The Morgan fingerprint density at radius 3 is 2.65 bits per heavy atom. The molecule has 0 aromatic rings. The molecule has 0 bridgehead atoms. The summed E-state index contributed by atoms with van der Waals surface area (Å²) >= 11 is 0. The Balaban J connectivity index is 1.81. The van der Waals surface area contributed by atoms with Crippen molar-refractivity contribution in [2.75, 3.05) is 0 Å². The van der Waals surface area contributed by atoms with Gasteiger partial charge in [-0.15, -0.1) is 0 Å². The van der Waals surface area contributed by atoms with Crippen LogP contribution in [-0.2, 0) is 0 Å². The molecule has 0 radical (unpaired) electrons. The molecule has 3 fully saturated rings. The molecule has 3 aliphatic carbocycles. The zero-order valence-corrected chi connectivity index (χ0v) is 16.6. The molecule has 0 aromatic carbocycles. The minimum atomic E-state index is -0.908. The number of rotatable bonds is 1. The van der Waals surface area contributed by atoms with Crippen LogP contribution in [0.4, 0.5) is 0 Å². The Labute approximate surface area is 159 Å². The van der Waals surface area contributed by atoms with Crippen LogP contribution in [0.2, 0.25) is 0 Å². The molecular formula is C24H34O2. The second kappa shape index (κ2) is 7.37. The van der Waals surface area contributed by atoms with Crippen molar-refractivity contribution in [1.29, 1.82) is 0 Å². The fourth-order valence-electron chi connectivity index (χ4n) is 5.17. The average molecular weight is 355 g/mol. The predicted octanol–water partition coefficient (Wildman–Crippen LogP) is 4.93. The van der Waals surface area contributed by atoms with Gasteiger partial charge in [0, 0.05) is 5.92 Å². The molecule has 0 spiro atoms. The summed E-state index contributed by atoms with van der Waals surface area (Å²) in [5.41, 5.74) is 3.00. The largest absolute Gasteiger partial charge is 0.388 e. The van der Waals surface area contributed by atoms with E-state index in [1.165, 1.54) is 31.3 Å². The second-order valence-electron chi connectivity index (χ2n) is 9.24. The fourth-order valence-corrected chi connectivity index (χ4v) is 5.17. The molecular weight excluding hydrogens is 320 g/mol. The average Bonchev–Trinajstić information content (AvgIpc) is 2.90. The minimum absolute atomic E-state index is 0.226. The highest BCUT2D eigenvalue weighted by molar-refractivity contribution is 5.38. The van der Waals surface area contributed by atoms with Crippen LogP contribution in [0.3, 0.4) is 0 Å². The molecule has 3 saturated carbocycles. The van der Waals surface area contributed by atoms with Gasteiger partial charge in [-0.3, -0.25) is 0 Å². The first-order valence-electron chi connectivity index (χ1n) is 10.2. The van der Waals surface area contributed by atoms with E-state index in [9.17, 15) is 10.2 Å². The van der Waals surface area contributed by atoms with E-state index in [0.29, 0.717) is 11.8 Å². The Bertz CT molecular complexity index is 679. The molecule has 3 aliphatic rings. The number of hydrogen-bond acceptors (Lipinski definition) is 2. The van der Waals surface area contributed by atoms with Gasteiger partial charge in [0.1, 0.15) is 5.60 Å². The molecule has 0 saturated heterocycles. The molecule has 4 atom stereocenters. The molecule has 0 aliphatic heterocycles. The lowest BCUT2D eigenvalue weighted by Crippen LogP contribution is -2.33. The zero-order valence-electron chi connectivity index (χ0n) is 16.6. The van der Waals surface area contributed by atoms with Gasteiger partial charge >= 0.3 is 0 Å². The van der Waals surface area contributed by atoms with E-state index < -0.39 is 5.60 Å². The van der Waals surface area contributed by atoms with Gasteiger partial charge in [0.15, 0.2) is 0 Å². The van der Waals surface area contributed by atoms with Crippen LogP contribution in [0.15, 0.2) is 35.5 Å². The summed E-state index contributed by atoms with van der Waals surface area (Å²) in [6.45, 7) is 10.0. The smallest absolute Gasteiger partial charge is 0.119 e. The third-order valence-corrected chi connectivity index (χ3v) is 6.75. The van der Waals surface area contributed by atoms with Crippen LogP contribution >= 0.6 is 0 Å². The van der Waals surface area contributed by atoms with E-state index in [1.807, 2.05) is 0 Å². The van der Waals surface area contributed by atoms with Gasteiger partial charge < -0.3 is 10.2 Å². The summed E-state index contributed by atoms with van der Waals surface area (Å²) in [4.78, 5) is 0. The van der Waals surface area contributed by atoms with E-state index in [-0.39, 0.29) is 11.5 Å². The van der Waals surface area contributed by atoms with E-state index in [1.54, 1.807) is 19.4 Å². The summed E-state index contributed by atoms with van der Waals surface area (Å²) in [5.74, 6) is 7.45. The van der Waals surface area contributed by atoms with Gasteiger partial charge in [0.25, 0.3) is 0 Å². The maximum atomic E-state index is 10.0. The van der Waals surface area contributed by atoms with E-state index in [4.69, 9.17) is 0 Å². The zero-order chi connectivity index (χ0) is 18.9. The normalized spacial score (nSPS) is 38.2. The summed E-state index contributed by atoms with van der Waals surface area (Å²) < 4.78 is 0. The van der Waals surface area contributed by atoms with Crippen molar-refractivity contribution in [2.45, 2.75) is 83.8 Å². The Hall–Kier alpha value is -1.30. The lowest BCUT2D eigenvalue weighted by molar-refractivity contribution is 0.141. The lowest BCUT2D eigenvalue weighted by atomic mass is 9.63. The molecule has 2 nitrogen and oxygen atoms in total. The van der Waals surface area contributed by atoms with Crippen molar-refractivity contribution in [1.82, 2.24) is 0 Å². The summed E-state index contributed by atoms with van der Waals surface area (Å²) in [7, 11) is 0. The quantitative estimate of drug-likeness (QED) is 0.655. The predicted molar refractivity (Wildman–Crippen MR) is 107 cm³/mol. The second-order valence-corrected chi connectivity index (χ2v) is 9.24. The molecule has 2 N–H and O–H groups in total. The van der Waals surface area contributed by atoms with Crippen molar-refractivity contribution in [2.24, 2.45) is 17.3 Å². The molecule has 3 rings (SSSR count). The van der Waals surface area contributed by atoms with Crippen LogP contribution < -0.4 is 0 Å². The van der Waals surface area contributed by atoms with Gasteiger partial charge in [-0.25, -0.2) is 0 Å². The first-order valence-corrected chi connectivity index (χ1v) is 10.2. The Kier molecular flexibility index (Phi) is 5.52. The Morgan fingerprint density at radius 2 is 1.92 bits per heavy atom. The van der Waals surface area contributed by atoms with Gasteiger partial charge in [0.2, 0.25) is 0 Å². The van der Waals surface area contributed by atoms with Crippen LogP contribution in [0.5, 0.6) is 0 Å². The lowest BCUT2D eigenvalue weighted by Gasteiger charge is -2.40. The first kappa shape index (κ1) is 19.5.